The Hall–Kier alpha value is -1.33. The quantitative estimate of drug-likeness (QED) is 0.338. The highest BCUT2D eigenvalue weighted by Crippen LogP contribution is 2.22. The van der Waals surface area contributed by atoms with Crippen LogP contribution < -0.4 is 16.6 Å². The molecule has 6 heteroatoms. The van der Waals surface area contributed by atoms with Crippen molar-refractivity contribution in [2.45, 2.75) is 13.8 Å². The maximum atomic E-state index is 12.8. The summed E-state index contributed by atoms with van der Waals surface area (Å²) < 4.78 is 12.8. The molecule has 0 aliphatic carbocycles. The van der Waals surface area contributed by atoms with Gasteiger partial charge in [0.15, 0.2) is 0 Å². The van der Waals surface area contributed by atoms with Crippen molar-refractivity contribution in [1.82, 2.24) is 5.43 Å². The molecule has 0 heterocycles. The minimum Gasteiger partial charge on any atom is -0.324 e. The van der Waals surface area contributed by atoms with Crippen LogP contribution in [0.2, 0.25) is 5.02 Å². The van der Waals surface area contributed by atoms with Gasteiger partial charge >= 0.3 is 0 Å². The minimum absolute atomic E-state index is 0.275. The highest BCUT2D eigenvalue weighted by Gasteiger charge is 2.04. The molecule has 0 saturated heterocycles. The lowest BCUT2D eigenvalue weighted by atomic mass is 10.2. The highest BCUT2D eigenvalue weighted by atomic mass is 35.5. The van der Waals surface area contributed by atoms with Crippen LogP contribution in [0.25, 0.3) is 0 Å². The first kappa shape index (κ1) is 13.7. The summed E-state index contributed by atoms with van der Waals surface area (Å²) in [5, 5.41) is 3.17. The minimum atomic E-state index is -0.387. The van der Waals surface area contributed by atoms with Crippen LogP contribution in [0.4, 0.5) is 10.1 Å². The van der Waals surface area contributed by atoms with Crippen molar-refractivity contribution < 1.29 is 4.39 Å². The number of rotatable bonds is 3. The van der Waals surface area contributed by atoms with E-state index in [1.165, 1.54) is 18.2 Å². The van der Waals surface area contributed by atoms with Crippen molar-refractivity contribution in [3.8, 4) is 0 Å². The molecule has 0 aliphatic rings. The Morgan fingerprint density at radius 1 is 1.53 bits per heavy atom. The first-order valence-corrected chi connectivity index (χ1v) is 5.64. The highest BCUT2D eigenvalue weighted by molar-refractivity contribution is 6.33. The Morgan fingerprint density at radius 3 is 2.76 bits per heavy atom. The largest absolute Gasteiger partial charge is 0.324 e. The van der Waals surface area contributed by atoms with E-state index in [0.717, 1.165) is 0 Å². The fourth-order valence-corrected chi connectivity index (χ4v) is 1.33. The Kier molecular flexibility index (Phi) is 5.18. The molecule has 17 heavy (non-hydrogen) atoms. The summed E-state index contributed by atoms with van der Waals surface area (Å²) in [6.07, 6.45) is 0. The van der Waals surface area contributed by atoms with Gasteiger partial charge in [0.2, 0.25) is 5.96 Å². The molecule has 94 valence electrons. The van der Waals surface area contributed by atoms with Crippen LogP contribution in [0.15, 0.2) is 23.2 Å². The van der Waals surface area contributed by atoms with Crippen LogP contribution in [0.5, 0.6) is 0 Å². The second-order valence-corrected chi connectivity index (χ2v) is 4.38. The lowest BCUT2D eigenvalue weighted by molar-refractivity contribution is 0.628. The van der Waals surface area contributed by atoms with Crippen LogP contribution >= 0.6 is 11.6 Å². The molecule has 0 fully saturated rings. The molecule has 0 radical (unpaired) electrons. The smallest absolute Gasteiger partial charge is 0.210 e. The van der Waals surface area contributed by atoms with Crippen molar-refractivity contribution in [3.63, 3.8) is 0 Å². The van der Waals surface area contributed by atoms with Crippen molar-refractivity contribution in [2.75, 3.05) is 11.9 Å². The molecule has 1 rings (SSSR count). The monoisotopic (exact) mass is 258 g/mol. The molecule has 4 nitrogen and oxygen atoms in total. The number of nitrogens with two attached hydrogens (primary N) is 1. The number of guanidine groups is 1. The average Bonchev–Trinajstić information content (AvgIpc) is 2.26. The average molecular weight is 259 g/mol. The second kappa shape index (κ2) is 6.42. The Morgan fingerprint density at radius 2 is 2.24 bits per heavy atom. The first-order valence-electron chi connectivity index (χ1n) is 5.26. The Balaban J connectivity index is 2.77. The number of hydrogen-bond donors (Lipinski definition) is 3. The molecule has 4 N–H and O–H groups in total. The van der Waals surface area contributed by atoms with Crippen LogP contribution in [-0.2, 0) is 0 Å². The van der Waals surface area contributed by atoms with Gasteiger partial charge in [-0.05, 0) is 24.1 Å². The van der Waals surface area contributed by atoms with Gasteiger partial charge < -0.3 is 5.32 Å². The van der Waals surface area contributed by atoms with E-state index in [9.17, 15) is 4.39 Å². The molecule has 0 aliphatic heterocycles. The number of nitrogens with one attached hydrogen (secondary N) is 2. The summed E-state index contributed by atoms with van der Waals surface area (Å²) in [5.74, 6) is 5.76. The van der Waals surface area contributed by atoms with Crippen molar-refractivity contribution in [2.24, 2.45) is 16.8 Å². The van der Waals surface area contributed by atoms with Gasteiger partial charge in [-0.1, -0.05) is 25.4 Å². The Bertz CT molecular complexity index is 406. The summed E-state index contributed by atoms with van der Waals surface area (Å²) in [6, 6.07) is 4.06. The maximum absolute atomic E-state index is 12.8. The second-order valence-electron chi connectivity index (χ2n) is 3.98. The zero-order valence-electron chi connectivity index (χ0n) is 9.80. The molecular weight excluding hydrogens is 243 g/mol. The molecule has 0 saturated carbocycles. The van der Waals surface area contributed by atoms with Crippen LogP contribution in [0.3, 0.4) is 0 Å². The third kappa shape index (κ3) is 4.58. The molecule has 0 atom stereocenters. The summed E-state index contributed by atoms with van der Waals surface area (Å²) in [6.45, 7) is 4.72. The number of benzene rings is 1. The maximum Gasteiger partial charge on any atom is 0.210 e. The van der Waals surface area contributed by atoms with E-state index in [2.05, 4.69) is 15.7 Å². The number of halogens is 2. The molecule has 0 aromatic heterocycles. The van der Waals surface area contributed by atoms with Gasteiger partial charge in [0.1, 0.15) is 5.82 Å². The van der Waals surface area contributed by atoms with E-state index in [1.807, 2.05) is 13.8 Å². The van der Waals surface area contributed by atoms with Gasteiger partial charge in [-0.25, -0.2) is 10.2 Å². The third-order valence-corrected chi connectivity index (χ3v) is 2.25. The van der Waals surface area contributed by atoms with Crippen molar-refractivity contribution in [1.29, 1.82) is 0 Å². The standard InChI is InChI=1S/C11H16ClFN4/c1-7(2)6-15-11(17-14)16-10-4-3-8(13)5-9(10)12/h3-5,7H,6,14H2,1-2H3,(H2,15,16,17). The summed E-state index contributed by atoms with van der Waals surface area (Å²) >= 11 is 5.87. The summed E-state index contributed by atoms with van der Waals surface area (Å²) in [4.78, 5) is 4.22. The van der Waals surface area contributed by atoms with Gasteiger partial charge in [0.05, 0.1) is 10.7 Å². The molecule has 0 unspecified atom stereocenters. The van der Waals surface area contributed by atoms with E-state index >= 15 is 0 Å². The van der Waals surface area contributed by atoms with Crippen LogP contribution in [-0.4, -0.2) is 12.5 Å². The van der Waals surface area contributed by atoms with E-state index in [-0.39, 0.29) is 10.8 Å². The van der Waals surface area contributed by atoms with E-state index in [4.69, 9.17) is 17.4 Å². The third-order valence-electron chi connectivity index (χ3n) is 1.94. The van der Waals surface area contributed by atoms with E-state index < -0.39 is 0 Å². The molecule has 1 aromatic rings. The van der Waals surface area contributed by atoms with Gasteiger partial charge in [0, 0.05) is 6.54 Å². The number of nitrogens with zero attached hydrogens (tertiary/aromatic N) is 1. The number of anilines is 1. The number of aliphatic imine (C=N–C) groups is 1. The normalized spacial score (nSPS) is 11.8. The van der Waals surface area contributed by atoms with Crippen molar-refractivity contribution in [3.05, 3.63) is 29.0 Å². The van der Waals surface area contributed by atoms with Gasteiger partial charge in [-0.2, -0.15) is 0 Å². The van der Waals surface area contributed by atoms with Crippen LogP contribution in [0, 0.1) is 11.7 Å². The molecule has 0 amide bonds. The lowest BCUT2D eigenvalue weighted by Gasteiger charge is -2.11. The fraction of sp³-hybridized carbons (Fsp3) is 0.364. The summed E-state index contributed by atoms with van der Waals surface area (Å²) in [7, 11) is 0. The molecule has 0 bridgehead atoms. The van der Waals surface area contributed by atoms with Crippen LogP contribution in [0.1, 0.15) is 13.8 Å². The predicted octanol–water partition coefficient (Wildman–Crippen LogP) is 2.37. The van der Waals surface area contributed by atoms with Gasteiger partial charge in [-0.3, -0.25) is 10.4 Å². The lowest BCUT2D eigenvalue weighted by Crippen LogP contribution is -2.36. The predicted molar refractivity (Wildman–Crippen MR) is 69.5 cm³/mol. The Labute approximate surface area is 105 Å². The number of hydrogen-bond acceptors (Lipinski definition) is 2. The molecular formula is C11H16ClFN4. The zero-order valence-corrected chi connectivity index (χ0v) is 10.6. The SMILES string of the molecule is CC(C)CN=C(NN)Nc1ccc(F)cc1Cl. The summed E-state index contributed by atoms with van der Waals surface area (Å²) in [5.41, 5.74) is 2.98. The molecule has 1 aromatic carbocycles. The molecule has 0 spiro atoms. The first-order chi connectivity index (χ1) is 8.02. The van der Waals surface area contributed by atoms with Gasteiger partial charge in [-0.15, -0.1) is 0 Å². The number of hydrazine groups is 1. The zero-order chi connectivity index (χ0) is 12.8. The van der Waals surface area contributed by atoms with Gasteiger partial charge in [0.25, 0.3) is 0 Å². The van der Waals surface area contributed by atoms with E-state index in [0.29, 0.717) is 24.1 Å². The topological polar surface area (TPSA) is 62.4 Å². The van der Waals surface area contributed by atoms with E-state index in [1.54, 1.807) is 0 Å². The fourth-order valence-electron chi connectivity index (χ4n) is 1.11. The van der Waals surface area contributed by atoms with Crippen molar-refractivity contribution >= 4 is 23.2 Å².